The molecule has 0 spiro atoms. The average molecular weight is 318 g/mol. The van der Waals surface area contributed by atoms with Gasteiger partial charge in [0.1, 0.15) is 0 Å². The Morgan fingerprint density at radius 3 is 2.74 bits per heavy atom. The second kappa shape index (κ2) is 7.59. The van der Waals surface area contributed by atoms with Crippen molar-refractivity contribution in [1.82, 2.24) is 4.90 Å². The summed E-state index contributed by atoms with van der Waals surface area (Å²) < 4.78 is 5.12. The number of hydrogen-bond donors (Lipinski definition) is 0. The van der Waals surface area contributed by atoms with Gasteiger partial charge in [-0.25, -0.2) is 0 Å². The van der Waals surface area contributed by atoms with Crippen molar-refractivity contribution in [1.29, 1.82) is 0 Å². The number of aryl methyl sites for hydroxylation is 1. The van der Waals surface area contributed by atoms with Gasteiger partial charge in [-0.15, -0.1) is 0 Å². The standard InChI is InChI=1S/C18H26N2O3/c1-5-19(16-9-7-6-8-13(16)2)18(22)15-10-17(21)20(11-15)14(3)12-23-4/h6-9,14-15H,5,10-12H2,1-4H3/t14-,15-/m0/s1. The van der Waals surface area contributed by atoms with Crippen molar-refractivity contribution >= 4 is 17.5 Å². The average Bonchev–Trinajstić information content (AvgIpc) is 2.92. The molecule has 1 aliphatic rings. The molecule has 5 heteroatoms. The van der Waals surface area contributed by atoms with Crippen molar-refractivity contribution in [3.63, 3.8) is 0 Å². The zero-order chi connectivity index (χ0) is 17.0. The quantitative estimate of drug-likeness (QED) is 0.808. The number of carbonyl (C=O) groups is 2. The van der Waals surface area contributed by atoms with E-state index >= 15 is 0 Å². The second-order valence-electron chi connectivity index (χ2n) is 6.12. The first-order valence-corrected chi connectivity index (χ1v) is 8.15. The van der Waals surface area contributed by atoms with Gasteiger partial charge < -0.3 is 14.5 Å². The SMILES string of the molecule is CCN(C(=O)[C@H]1CC(=O)N([C@@H](C)COC)C1)c1ccccc1C. The fourth-order valence-corrected chi connectivity index (χ4v) is 3.19. The Bertz CT molecular complexity index is 573. The van der Waals surface area contributed by atoms with Crippen LogP contribution >= 0.6 is 0 Å². The molecule has 0 unspecified atom stereocenters. The van der Waals surface area contributed by atoms with Crippen LogP contribution in [0.3, 0.4) is 0 Å². The number of benzene rings is 1. The van der Waals surface area contributed by atoms with E-state index < -0.39 is 0 Å². The summed E-state index contributed by atoms with van der Waals surface area (Å²) >= 11 is 0. The van der Waals surface area contributed by atoms with Crippen molar-refractivity contribution in [3.8, 4) is 0 Å². The number of rotatable bonds is 6. The van der Waals surface area contributed by atoms with Crippen LogP contribution in [-0.2, 0) is 14.3 Å². The number of ether oxygens (including phenoxy) is 1. The zero-order valence-corrected chi connectivity index (χ0v) is 14.4. The number of likely N-dealkylation sites (tertiary alicyclic amines) is 1. The maximum absolute atomic E-state index is 12.9. The molecule has 2 rings (SSSR count). The molecule has 1 aliphatic heterocycles. The van der Waals surface area contributed by atoms with Crippen LogP contribution in [-0.4, -0.2) is 49.6 Å². The van der Waals surface area contributed by atoms with E-state index in [0.717, 1.165) is 11.3 Å². The molecular weight excluding hydrogens is 292 g/mol. The van der Waals surface area contributed by atoms with E-state index in [1.165, 1.54) is 0 Å². The number of para-hydroxylation sites is 1. The van der Waals surface area contributed by atoms with Gasteiger partial charge in [-0.1, -0.05) is 18.2 Å². The lowest BCUT2D eigenvalue weighted by Crippen LogP contribution is -2.40. The minimum Gasteiger partial charge on any atom is -0.383 e. The molecule has 5 nitrogen and oxygen atoms in total. The van der Waals surface area contributed by atoms with Crippen LogP contribution in [0, 0.1) is 12.8 Å². The van der Waals surface area contributed by atoms with Gasteiger partial charge in [0.15, 0.2) is 0 Å². The Hall–Kier alpha value is -1.88. The first kappa shape index (κ1) is 17.5. The third-order valence-electron chi connectivity index (χ3n) is 4.44. The maximum Gasteiger partial charge on any atom is 0.232 e. The van der Waals surface area contributed by atoms with Gasteiger partial charge in [0.2, 0.25) is 11.8 Å². The molecule has 0 aromatic heterocycles. The molecule has 1 saturated heterocycles. The third kappa shape index (κ3) is 3.72. The van der Waals surface area contributed by atoms with Gasteiger partial charge in [-0.2, -0.15) is 0 Å². The van der Waals surface area contributed by atoms with E-state index in [1.54, 1.807) is 16.9 Å². The molecule has 126 valence electrons. The smallest absolute Gasteiger partial charge is 0.232 e. The highest BCUT2D eigenvalue weighted by molar-refractivity contribution is 5.99. The molecule has 0 N–H and O–H groups in total. The summed E-state index contributed by atoms with van der Waals surface area (Å²) in [4.78, 5) is 28.7. The topological polar surface area (TPSA) is 49.9 Å². The summed E-state index contributed by atoms with van der Waals surface area (Å²) in [6.07, 6.45) is 0.287. The number of hydrogen-bond acceptors (Lipinski definition) is 3. The molecule has 0 bridgehead atoms. The minimum absolute atomic E-state index is 0.00108. The normalized spacial score (nSPS) is 19.0. The lowest BCUT2D eigenvalue weighted by Gasteiger charge is -2.27. The molecule has 2 atom stereocenters. The van der Waals surface area contributed by atoms with Crippen molar-refractivity contribution in [2.24, 2.45) is 5.92 Å². The zero-order valence-electron chi connectivity index (χ0n) is 14.4. The first-order valence-electron chi connectivity index (χ1n) is 8.15. The molecule has 23 heavy (non-hydrogen) atoms. The monoisotopic (exact) mass is 318 g/mol. The highest BCUT2D eigenvalue weighted by atomic mass is 16.5. The predicted octanol–water partition coefficient (Wildman–Crippen LogP) is 2.23. The Balaban J connectivity index is 2.14. The molecule has 2 amide bonds. The van der Waals surface area contributed by atoms with E-state index in [1.807, 2.05) is 45.0 Å². The van der Waals surface area contributed by atoms with Crippen molar-refractivity contribution < 1.29 is 14.3 Å². The summed E-state index contributed by atoms with van der Waals surface area (Å²) in [6, 6.07) is 7.85. The molecule has 1 heterocycles. The van der Waals surface area contributed by atoms with E-state index in [0.29, 0.717) is 19.7 Å². The Morgan fingerprint density at radius 2 is 2.13 bits per heavy atom. The highest BCUT2D eigenvalue weighted by Crippen LogP contribution is 2.26. The first-order chi connectivity index (χ1) is 11.0. The molecule has 1 fully saturated rings. The third-order valence-corrected chi connectivity index (χ3v) is 4.44. The predicted molar refractivity (Wildman–Crippen MR) is 90.4 cm³/mol. The van der Waals surface area contributed by atoms with E-state index in [-0.39, 0.29) is 30.2 Å². The van der Waals surface area contributed by atoms with Crippen LogP contribution in [0.2, 0.25) is 0 Å². The number of anilines is 1. The molecule has 0 aliphatic carbocycles. The molecule has 1 aromatic carbocycles. The van der Waals surface area contributed by atoms with Gasteiger partial charge >= 0.3 is 0 Å². The van der Waals surface area contributed by atoms with Crippen LogP contribution in [0.4, 0.5) is 5.69 Å². The lowest BCUT2D eigenvalue weighted by molar-refractivity contribution is -0.130. The number of methoxy groups -OCH3 is 1. The van der Waals surface area contributed by atoms with Gasteiger partial charge in [0, 0.05) is 32.3 Å². The number of nitrogens with zero attached hydrogens (tertiary/aromatic N) is 2. The van der Waals surface area contributed by atoms with Crippen LogP contribution in [0.1, 0.15) is 25.8 Å². The molecule has 0 radical (unpaired) electrons. The second-order valence-corrected chi connectivity index (χ2v) is 6.12. The number of amides is 2. The van der Waals surface area contributed by atoms with Crippen LogP contribution < -0.4 is 4.90 Å². The molecular formula is C18H26N2O3. The fraction of sp³-hybridized carbons (Fsp3) is 0.556. The van der Waals surface area contributed by atoms with Crippen molar-refractivity contribution in [2.45, 2.75) is 33.2 Å². The van der Waals surface area contributed by atoms with Crippen LogP contribution in [0.5, 0.6) is 0 Å². The Labute approximate surface area is 138 Å². The molecule has 0 saturated carbocycles. The van der Waals surface area contributed by atoms with E-state index in [9.17, 15) is 9.59 Å². The van der Waals surface area contributed by atoms with Gasteiger partial charge in [-0.05, 0) is 32.4 Å². The van der Waals surface area contributed by atoms with E-state index in [2.05, 4.69) is 0 Å². The largest absolute Gasteiger partial charge is 0.383 e. The number of carbonyl (C=O) groups excluding carboxylic acids is 2. The lowest BCUT2D eigenvalue weighted by atomic mass is 10.1. The highest BCUT2D eigenvalue weighted by Gasteiger charge is 2.38. The maximum atomic E-state index is 12.9. The van der Waals surface area contributed by atoms with Gasteiger partial charge in [-0.3, -0.25) is 9.59 Å². The van der Waals surface area contributed by atoms with E-state index in [4.69, 9.17) is 4.74 Å². The minimum atomic E-state index is -0.277. The van der Waals surface area contributed by atoms with Crippen molar-refractivity contribution in [2.75, 3.05) is 31.7 Å². The Morgan fingerprint density at radius 1 is 1.43 bits per heavy atom. The summed E-state index contributed by atoms with van der Waals surface area (Å²) in [5.74, 6) is -0.211. The summed E-state index contributed by atoms with van der Waals surface area (Å²) in [7, 11) is 1.62. The summed E-state index contributed by atoms with van der Waals surface area (Å²) in [6.45, 7) is 7.48. The van der Waals surface area contributed by atoms with Gasteiger partial charge in [0.05, 0.1) is 18.6 Å². The summed E-state index contributed by atoms with van der Waals surface area (Å²) in [5, 5.41) is 0. The van der Waals surface area contributed by atoms with Crippen LogP contribution in [0.15, 0.2) is 24.3 Å². The summed E-state index contributed by atoms with van der Waals surface area (Å²) in [5.41, 5.74) is 1.99. The Kier molecular flexibility index (Phi) is 5.77. The molecule has 1 aromatic rings. The van der Waals surface area contributed by atoms with Gasteiger partial charge in [0.25, 0.3) is 0 Å². The van der Waals surface area contributed by atoms with Crippen LogP contribution in [0.25, 0.3) is 0 Å². The fourth-order valence-electron chi connectivity index (χ4n) is 3.19. The van der Waals surface area contributed by atoms with Crippen molar-refractivity contribution in [3.05, 3.63) is 29.8 Å².